The molecule has 9 heteroatoms. The fraction of sp³-hybridized carbons (Fsp3) is 0.500. The molecular formula is C22H25ClF2N4O2. The van der Waals surface area contributed by atoms with Crippen LogP contribution in [0.3, 0.4) is 0 Å². The van der Waals surface area contributed by atoms with Crippen molar-refractivity contribution in [1.29, 1.82) is 0 Å². The first-order valence-electron chi connectivity index (χ1n) is 10.4. The van der Waals surface area contributed by atoms with Gasteiger partial charge < -0.3 is 15.3 Å². The normalized spacial score (nSPS) is 20.2. The Balaban J connectivity index is 1.60. The van der Waals surface area contributed by atoms with Crippen molar-refractivity contribution in [3.63, 3.8) is 0 Å². The van der Waals surface area contributed by atoms with Crippen molar-refractivity contribution in [2.45, 2.75) is 44.1 Å². The van der Waals surface area contributed by atoms with Crippen LogP contribution in [0.4, 0.5) is 14.6 Å². The molecule has 1 aliphatic heterocycles. The Kier molecular flexibility index (Phi) is 5.87. The summed E-state index contributed by atoms with van der Waals surface area (Å²) < 4.78 is 27.2. The number of piperidine rings is 1. The zero-order valence-corrected chi connectivity index (χ0v) is 18.0. The number of amides is 1. The summed E-state index contributed by atoms with van der Waals surface area (Å²) in [5, 5.41) is 13.7. The fourth-order valence-electron chi connectivity index (χ4n) is 3.77. The molecule has 6 nitrogen and oxygen atoms in total. The van der Waals surface area contributed by atoms with E-state index in [0.717, 1.165) is 12.8 Å². The fourth-order valence-corrected chi connectivity index (χ4v) is 3.90. The van der Waals surface area contributed by atoms with Crippen LogP contribution in [-0.2, 0) is 0 Å². The standard InChI is InChI=1S/C22H25ClF2N4O2/c1-21(31,15-4-5-15)13-27-20(30)17-12-26-19(29-10-8-22(24,25)9-11-29)18(28-17)14-2-6-16(23)7-3-14/h2-3,6-7,12,15,31H,4-5,8-11,13H2,1H3,(H,27,30)/t21-/m0/s1. The number of hydrogen-bond donors (Lipinski definition) is 2. The van der Waals surface area contributed by atoms with E-state index in [1.54, 1.807) is 36.1 Å². The van der Waals surface area contributed by atoms with Gasteiger partial charge in [0.25, 0.3) is 11.8 Å². The first-order valence-corrected chi connectivity index (χ1v) is 10.8. The number of nitrogens with zero attached hydrogens (tertiary/aromatic N) is 3. The van der Waals surface area contributed by atoms with Gasteiger partial charge in [0.2, 0.25) is 0 Å². The van der Waals surface area contributed by atoms with Crippen molar-refractivity contribution in [3.05, 3.63) is 41.2 Å². The third-order valence-corrected chi connectivity index (χ3v) is 6.21. The summed E-state index contributed by atoms with van der Waals surface area (Å²) in [6.45, 7) is 2.14. The number of aromatic nitrogens is 2. The highest BCUT2D eigenvalue weighted by Crippen LogP contribution is 2.39. The summed E-state index contributed by atoms with van der Waals surface area (Å²) in [6.07, 6.45) is 2.74. The van der Waals surface area contributed by atoms with E-state index < -0.39 is 17.4 Å². The van der Waals surface area contributed by atoms with Gasteiger partial charge in [-0.05, 0) is 37.8 Å². The molecule has 166 valence electrons. The van der Waals surface area contributed by atoms with Crippen molar-refractivity contribution in [1.82, 2.24) is 15.3 Å². The first kappa shape index (κ1) is 21.9. The van der Waals surface area contributed by atoms with E-state index in [-0.39, 0.29) is 44.1 Å². The average molecular weight is 451 g/mol. The first-order chi connectivity index (χ1) is 14.6. The lowest BCUT2D eigenvalue weighted by molar-refractivity contribution is -0.0221. The summed E-state index contributed by atoms with van der Waals surface area (Å²) >= 11 is 6.00. The van der Waals surface area contributed by atoms with Gasteiger partial charge in [0.1, 0.15) is 11.4 Å². The molecule has 1 aliphatic carbocycles. The second-order valence-corrected chi connectivity index (χ2v) is 9.03. The summed E-state index contributed by atoms with van der Waals surface area (Å²) in [5.74, 6) is -2.47. The van der Waals surface area contributed by atoms with Gasteiger partial charge in [-0.25, -0.2) is 18.7 Å². The van der Waals surface area contributed by atoms with Crippen LogP contribution in [0, 0.1) is 5.92 Å². The Morgan fingerprint density at radius 2 is 1.94 bits per heavy atom. The number of rotatable bonds is 6. The SMILES string of the molecule is C[C@](O)(CNC(=O)c1cnc(N2CCC(F)(F)CC2)c(-c2ccc(Cl)cc2)n1)C1CC1. The molecule has 1 amide bonds. The molecule has 4 rings (SSSR count). The van der Waals surface area contributed by atoms with E-state index in [2.05, 4.69) is 15.3 Å². The maximum absolute atomic E-state index is 13.6. The zero-order chi connectivity index (χ0) is 22.2. The van der Waals surface area contributed by atoms with Crippen molar-refractivity contribution in [3.8, 4) is 11.3 Å². The molecule has 1 saturated heterocycles. The predicted molar refractivity (Wildman–Crippen MR) is 115 cm³/mol. The molecule has 1 atom stereocenters. The van der Waals surface area contributed by atoms with Gasteiger partial charge in [0.05, 0.1) is 11.8 Å². The number of alkyl halides is 2. The van der Waals surface area contributed by atoms with E-state index in [1.165, 1.54) is 6.20 Å². The Morgan fingerprint density at radius 1 is 1.29 bits per heavy atom. The van der Waals surface area contributed by atoms with E-state index in [9.17, 15) is 18.7 Å². The van der Waals surface area contributed by atoms with Crippen LogP contribution in [0.5, 0.6) is 0 Å². The highest BCUT2D eigenvalue weighted by Gasteiger charge is 2.40. The van der Waals surface area contributed by atoms with Gasteiger partial charge >= 0.3 is 0 Å². The summed E-state index contributed by atoms with van der Waals surface area (Å²) in [5.41, 5.74) is 0.260. The molecule has 1 saturated carbocycles. The van der Waals surface area contributed by atoms with Crippen LogP contribution in [0.25, 0.3) is 11.3 Å². The Labute approximate surface area is 184 Å². The van der Waals surface area contributed by atoms with Gasteiger partial charge in [-0.3, -0.25) is 4.79 Å². The third kappa shape index (κ3) is 5.13. The molecule has 2 N–H and O–H groups in total. The summed E-state index contributed by atoms with van der Waals surface area (Å²) in [6, 6.07) is 6.92. The molecule has 0 spiro atoms. The molecular weight excluding hydrogens is 426 g/mol. The Hall–Kier alpha value is -2.32. The molecule has 0 bridgehead atoms. The lowest BCUT2D eigenvalue weighted by Crippen LogP contribution is -2.42. The van der Waals surface area contributed by atoms with Gasteiger partial charge in [-0.15, -0.1) is 0 Å². The van der Waals surface area contributed by atoms with Gasteiger partial charge in [0.15, 0.2) is 5.82 Å². The molecule has 2 aliphatic rings. The van der Waals surface area contributed by atoms with Crippen LogP contribution in [0.15, 0.2) is 30.5 Å². The van der Waals surface area contributed by atoms with Crippen LogP contribution in [0.2, 0.25) is 5.02 Å². The topological polar surface area (TPSA) is 78.3 Å². The van der Waals surface area contributed by atoms with Gasteiger partial charge in [-0.2, -0.15) is 0 Å². The highest BCUT2D eigenvalue weighted by atomic mass is 35.5. The monoisotopic (exact) mass is 450 g/mol. The quantitative estimate of drug-likeness (QED) is 0.697. The van der Waals surface area contributed by atoms with E-state index in [0.29, 0.717) is 22.1 Å². The van der Waals surface area contributed by atoms with Crippen LogP contribution in [0.1, 0.15) is 43.1 Å². The summed E-state index contributed by atoms with van der Waals surface area (Å²) in [7, 11) is 0. The zero-order valence-electron chi connectivity index (χ0n) is 17.2. The highest BCUT2D eigenvalue weighted by molar-refractivity contribution is 6.30. The summed E-state index contributed by atoms with van der Waals surface area (Å²) in [4.78, 5) is 23.4. The number of aliphatic hydroxyl groups is 1. The van der Waals surface area contributed by atoms with Crippen molar-refractivity contribution in [2.75, 3.05) is 24.5 Å². The number of carbonyl (C=O) groups excluding carboxylic acids is 1. The lowest BCUT2D eigenvalue weighted by atomic mass is 10.0. The van der Waals surface area contributed by atoms with E-state index in [4.69, 9.17) is 11.6 Å². The minimum Gasteiger partial charge on any atom is -0.388 e. The van der Waals surface area contributed by atoms with Crippen LogP contribution < -0.4 is 10.2 Å². The minimum absolute atomic E-state index is 0.0997. The molecule has 0 unspecified atom stereocenters. The predicted octanol–water partition coefficient (Wildman–Crippen LogP) is 3.92. The van der Waals surface area contributed by atoms with E-state index in [1.807, 2.05) is 0 Å². The number of benzene rings is 1. The van der Waals surface area contributed by atoms with E-state index >= 15 is 0 Å². The number of anilines is 1. The second kappa shape index (κ2) is 8.31. The molecule has 0 radical (unpaired) electrons. The number of halogens is 3. The second-order valence-electron chi connectivity index (χ2n) is 8.59. The Bertz CT molecular complexity index is 954. The molecule has 1 aromatic heterocycles. The van der Waals surface area contributed by atoms with Gasteiger partial charge in [0, 0.05) is 43.1 Å². The van der Waals surface area contributed by atoms with Crippen LogP contribution >= 0.6 is 11.6 Å². The maximum Gasteiger partial charge on any atom is 0.271 e. The number of nitrogens with one attached hydrogen (secondary N) is 1. The molecule has 2 fully saturated rings. The lowest BCUT2D eigenvalue weighted by Gasteiger charge is -2.33. The van der Waals surface area contributed by atoms with Crippen molar-refractivity contribution in [2.24, 2.45) is 5.92 Å². The minimum atomic E-state index is -2.68. The molecule has 31 heavy (non-hydrogen) atoms. The van der Waals surface area contributed by atoms with Gasteiger partial charge in [-0.1, -0.05) is 23.7 Å². The number of carbonyl (C=O) groups is 1. The third-order valence-electron chi connectivity index (χ3n) is 5.96. The van der Waals surface area contributed by atoms with Crippen molar-refractivity contribution < 1.29 is 18.7 Å². The molecule has 2 aromatic rings. The van der Waals surface area contributed by atoms with Crippen molar-refractivity contribution >= 4 is 23.3 Å². The maximum atomic E-state index is 13.6. The molecule has 1 aromatic carbocycles. The molecule has 2 heterocycles. The average Bonchev–Trinajstić information content (AvgIpc) is 3.59. The number of hydrogen-bond acceptors (Lipinski definition) is 5. The smallest absolute Gasteiger partial charge is 0.271 e. The Morgan fingerprint density at radius 3 is 2.55 bits per heavy atom. The largest absolute Gasteiger partial charge is 0.388 e. The van der Waals surface area contributed by atoms with Crippen LogP contribution in [-0.4, -0.2) is 52.1 Å².